The van der Waals surface area contributed by atoms with Crippen molar-refractivity contribution in [2.45, 2.75) is 44.1 Å². The topological polar surface area (TPSA) is 20.3 Å². The lowest BCUT2D eigenvalue weighted by molar-refractivity contribution is -0.138. The third-order valence-electron chi connectivity index (χ3n) is 4.77. The van der Waals surface area contributed by atoms with Gasteiger partial charge in [-0.2, -0.15) is 0 Å². The Bertz CT molecular complexity index is 468. The molecule has 0 N–H and O–H groups in total. The molecule has 2 heteroatoms. The molecule has 0 spiro atoms. The Morgan fingerprint density at radius 2 is 2.06 bits per heavy atom. The number of nitrogens with zero attached hydrogens (tertiary/aromatic N) is 1. The highest BCUT2D eigenvalue weighted by Crippen LogP contribution is 2.45. The van der Waals surface area contributed by atoms with E-state index in [4.69, 9.17) is 0 Å². The van der Waals surface area contributed by atoms with Crippen molar-refractivity contribution >= 4 is 5.91 Å². The van der Waals surface area contributed by atoms with Crippen LogP contribution in [-0.2, 0) is 16.6 Å². The standard InChI is InChI=1S/C15H19NO/c1-15-10-9-14(17)16(2)13(15)8-7-11-5-3-4-6-12(11)15/h3-6,13H,7-10H2,1-2H3/t13-,15-/m0/s1. The first-order valence-electron chi connectivity index (χ1n) is 6.47. The number of amides is 1. The van der Waals surface area contributed by atoms with E-state index in [1.54, 1.807) is 0 Å². The van der Waals surface area contributed by atoms with Gasteiger partial charge < -0.3 is 4.90 Å². The molecule has 1 saturated heterocycles. The summed E-state index contributed by atoms with van der Waals surface area (Å²) in [6, 6.07) is 9.14. The van der Waals surface area contributed by atoms with Gasteiger partial charge in [0.1, 0.15) is 0 Å². The zero-order valence-corrected chi connectivity index (χ0v) is 10.6. The molecule has 1 heterocycles. The van der Waals surface area contributed by atoms with Gasteiger partial charge in [0.05, 0.1) is 0 Å². The average molecular weight is 229 g/mol. The molecule has 17 heavy (non-hydrogen) atoms. The number of likely N-dealkylation sites (N-methyl/N-ethyl adjacent to an activating group) is 1. The maximum Gasteiger partial charge on any atom is 0.222 e. The first kappa shape index (κ1) is 10.8. The zero-order chi connectivity index (χ0) is 12.0. The molecule has 0 radical (unpaired) electrons. The van der Waals surface area contributed by atoms with Gasteiger partial charge in [-0.15, -0.1) is 0 Å². The molecule has 1 amide bonds. The van der Waals surface area contributed by atoms with Crippen molar-refractivity contribution in [2.75, 3.05) is 7.05 Å². The maximum absolute atomic E-state index is 11.8. The van der Waals surface area contributed by atoms with Crippen LogP contribution in [0.15, 0.2) is 24.3 Å². The van der Waals surface area contributed by atoms with E-state index in [2.05, 4.69) is 31.2 Å². The molecule has 1 aliphatic carbocycles. The first-order valence-corrected chi connectivity index (χ1v) is 6.47. The lowest BCUT2D eigenvalue weighted by Crippen LogP contribution is -2.56. The molecule has 0 unspecified atom stereocenters. The Kier molecular flexibility index (Phi) is 2.29. The molecular formula is C15H19NO. The average Bonchev–Trinajstić information content (AvgIpc) is 2.35. The largest absolute Gasteiger partial charge is 0.342 e. The van der Waals surface area contributed by atoms with Gasteiger partial charge in [-0.25, -0.2) is 0 Å². The summed E-state index contributed by atoms with van der Waals surface area (Å²) in [5.74, 6) is 0.312. The first-order chi connectivity index (χ1) is 8.13. The number of hydrogen-bond acceptors (Lipinski definition) is 1. The minimum absolute atomic E-state index is 0.164. The van der Waals surface area contributed by atoms with Crippen LogP contribution in [0.3, 0.4) is 0 Å². The van der Waals surface area contributed by atoms with Crippen LogP contribution in [0.1, 0.15) is 37.3 Å². The SMILES string of the molecule is CN1C(=O)CC[C@@]2(C)c3ccccc3CC[C@H]12. The summed E-state index contributed by atoms with van der Waals surface area (Å²) >= 11 is 0. The van der Waals surface area contributed by atoms with Crippen molar-refractivity contribution in [3.8, 4) is 0 Å². The third kappa shape index (κ3) is 1.43. The van der Waals surface area contributed by atoms with Gasteiger partial charge in [0.2, 0.25) is 5.91 Å². The van der Waals surface area contributed by atoms with E-state index in [1.807, 2.05) is 11.9 Å². The monoisotopic (exact) mass is 229 g/mol. The minimum atomic E-state index is 0.164. The molecule has 1 fully saturated rings. The molecular weight excluding hydrogens is 210 g/mol. The van der Waals surface area contributed by atoms with E-state index in [9.17, 15) is 4.79 Å². The summed E-state index contributed by atoms with van der Waals surface area (Å²) in [7, 11) is 1.97. The fourth-order valence-corrected chi connectivity index (χ4v) is 3.72. The maximum atomic E-state index is 11.8. The Hall–Kier alpha value is -1.31. The normalized spacial score (nSPS) is 32.0. The fourth-order valence-electron chi connectivity index (χ4n) is 3.72. The summed E-state index contributed by atoms with van der Waals surface area (Å²) < 4.78 is 0. The fraction of sp³-hybridized carbons (Fsp3) is 0.533. The molecule has 1 aromatic rings. The number of hydrogen-bond donors (Lipinski definition) is 0. The molecule has 0 aromatic heterocycles. The van der Waals surface area contributed by atoms with Crippen LogP contribution in [0.25, 0.3) is 0 Å². The van der Waals surface area contributed by atoms with Gasteiger partial charge in [0, 0.05) is 24.9 Å². The lowest BCUT2D eigenvalue weighted by atomic mass is 9.63. The highest BCUT2D eigenvalue weighted by atomic mass is 16.2. The summed E-state index contributed by atoms with van der Waals surface area (Å²) in [5.41, 5.74) is 3.11. The van der Waals surface area contributed by atoms with Crippen LogP contribution in [0.2, 0.25) is 0 Å². The molecule has 0 saturated carbocycles. The van der Waals surface area contributed by atoms with Crippen LogP contribution < -0.4 is 0 Å². The van der Waals surface area contributed by atoms with E-state index in [-0.39, 0.29) is 5.41 Å². The number of fused-ring (bicyclic) bond motifs is 3. The number of rotatable bonds is 0. The number of piperidine rings is 1. The second-order valence-electron chi connectivity index (χ2n) is 5.63. The molecule has 90 valence electrons. The lowest BCUT2D eigenvalue weighted by Gasteiger charge is -2.50. The van der Waals surface area contributed by atoms with E-state index in [1.165, 1.54) is 11.1 Å². The second kappa shape index (κ2) is 3.59. The van der Waals surface area contributed by atoms with Crippen molar-refractivity contribution in [3.05, 3.63) is 35.4 Å². The molecule has 2 atom stereocenters. The van der Waals surface area contributed by atoms with Crippen molar-refractivity contribution < 1.29 is 4.79 Å². The molecule has 1 aliphatic heterocycles. The van der Waals surface area contributed by atoms with Crippen molar-refractivity contribution in [1.82, 2.24) is 4.90 Å². The van der Waals surface area contributed by atoms with E-state index in [0.717, 1.165) is 19.3 Å². The Morgan fingerprint density at radius 1 is 1.29 bits per heavy atom. The Morgan fingerprint density at radius 3 is 2.88 bits per heavy atom. The number of benzene rings is 1. The van der Waals surface area contributed by atoms with Crippen LogP contribution in [0, 0.1) is 0 Å². The van der Waals surface area contributed by atoms with Gasteiger partial charge in [0.25, 0.3) is 0 Å². The molecule has 2 nitrogen and oxygen atoms in total. The Balaban J connectivity index is 2.09. The summed E-state index contributed by atoms with van der Waals surface area (Å²) in [4.78, 5) is 13.8. The summed E-state index contributed by atoms with van der Waals surface area (Å²) in [6.45, 7) is 2.33. The zero-order valence-electron chi connectivity index (χ0n) is 10.6. The van der Waals surface area contributed by atoms with Crippen molar-refractivity contribution in [3.63, 3.8) is 0 Å². The second-order valence-corrected chi connectivity index (χ2v) is 5.63. The molecule has 3 rings (SSSR count). The van der Waals surface area contributed by atoms with Crippen LogP contribution in [0.4, 0.5) is 0 Å². The van der Waals surface area contributed by atoms with Crippen molar-refractivity contribution in [2.24, 2.45) is 0 Å². The van der Waals surface area contributed by atoms with Crippen LogP contribution in [0.5, 0.6) is 0 Å². The highest BCUT2D eigenvalue weighted by Gasteiger charge is 2.46. The predicted octanol–water partition coefficient (Wildman–Crippen LogP) is 2.51. The number of carbonyl (C=O) groups is 1. The summed E-state index contributed by atoms with van der Waals surface area (Å²) in [6.07, 6.45) is 3.90. The van der Waals surface area contributed by atoms with Crippen LogP contribution in [-0.4, -0.2) is 23.9 Å². The van der Waals surface area contributed by atoms with E-state index >= 15 is 0 Å². The number of aryl methyl sites for hydroxylation is 1. The molecule has 0 bridgehead atoms. The van der Waals surface area contributed by atoms with Gasteiger partial charge in [-0.3, -0.25) is 4.79 Å². The van der Waals surface area contributed by atoms with E-state index < -0.39 is 0 Å². The van der Waals surface area contributed by atoms with Gasteiger partial charge in [0.15, 0.2) is 0 Å². The number of likely N-dealkylation sites (tertiary alicyclic amines) is 1. The quantitative estimate of drug-likeness (QED) is 0.669. The van der Waals surface area contributed by atoms with Gasteiger partial charge in [-0.1, -0.05) is 31.2 Å². The number of carbonyl (C=O) groups excluding carboxylic acids is 1. The minimum Gasteiger partial charge on any atom is -0.342 e. The Labute approximate surface area is 103 Å². The smallest absolute Gasteiger partial charge is 0.222 e. The molecule has 2 aliphatic rings. The molecule has 1 aromatic carbocycles. The van der Waals surface area contributed by atoms with Crippen LogP contribution >= 0.6 is 0 Å². The predicted molar refractivity (Wildman–Crippen MR) is 67.9 cm³/mol. The van der Waals surface area contributed by atoms with Gasteiger partial charge >= 0.3 is 0 Å². The summed E-state index contributed by atoms with van der Waals surface area (Å²) in [5, 5.41) is 0. The van der Waals surface area contributed by atoms with Gasteiger partial charge in [-0.05, 0) is 30.4 Å². The van der Waals surface area contributed by atoms with E-state index in [0.29, 0.717) is 18.4 Å². The third-order valence-corrected chi connectivity index (χ3v) is 4.77. The van der Waals surface area contributed by atoms with Crippen molar-refractivity contribution in [1.29, 1.82) is 0 Å². The highest BCUT2D eigenvalue weighted by molar-refractivity contribution is 5.78.